The van der Waals surface area contributed by atoms with Gasteiger partial charge in [-0.1, -0.05) is 18.7 Å². The zero-order chi connectivity index (χ0) is 12.2. The van der Waals surface area contributed by atoms with Crippen LogP contribution in [0.1, 0.15) is 5.56 Å². The molecule has 0 aliphatic carbocycles. The Kier molecular flexibility index (Phi) is 3.71. The molecule has 16 heavy (non-hydrogen) atoms. The lowest BCUT2D eigenvalue weighted by Gasteiger charge is -2.09. The van der Waals surface area contributed by atoms with E-state index in [1.54, 1.807) is 6.07 Å². The lowest BCUT2D eigenvalue weighted by molar-refractivity contribution is -0.274. The summed E-state index contributed by atoms with van der Waals surface area (Å²) < 4.78 is 39.4. The predicted molar refractivity (Wildman–Crippen MR) is 52.0 cm³/mol. The molecule has 0 unspecified atom stereocenters. The van der Waals surface area contributed by atoms with Crippen molar-refractivity contribution < 1.29 is 22.7 Å². The summed E-state index contributed by atoms with van der Waals surface area (Å²) in [4.78, 5) is 11.0. The van der Waals surface area contributed by atoms with Gasteiger partial charge in [-0.15, -0.1) is 13.2 Å². The summed E-state index contributed by atoms with van der Waals surface area (Å²) in [6.45, 7) is 3.28. The number of alkyl halides is 3. The van der Waals surface area contributed by atoms with Gasteiger partial charge in [0.1, 0.15) is 5.75 Å². The van der Waals surface area contributed by atoms with Crippen LogP contribution < -0.4 is 4.74 Å². The number of benzene rings is 1. The smallest absolute Gasteiger partial charge is 0.406 e. The maximum atomic E-state index is 11.9. The van der Waals surface area contributed by atoms with E-state index >= 15 is 0 Å². The predicted octanol–water partition coefficient (Wildman–Crippen LogP) is 2.88. The van der Waals surface area contributed by atoms with Gasteiger partial charge in [0.15, 0.2) is 5.78 Å². The van der Waals surface area contributed by atoms with Gasteiger partial charge in [-0.3, -0.25) is 4.79 Å². The summed E-state index contributed by atoms with van der Waals surface area (Å²) in [5, 5.41) is 0. The number of allylic oxidation sites excluding steroid dienone is 1. The second kappa shape index (κ2) is 4.83. The van der Waals surface area contributed by atoms with E-state index < -0.39 is 6.36 Å². The maximum Gasteiger partial charge on any atom is 0.573 e. The highest BCUT2D eigenvalue weighted by molar-refractivity contribution is 5.90. The number of hydrogen-bond acceptors (Lipinski definition) is 2. The van der Waals surface area contributed by atoms with Gasteiger partial charge >= 0.3 is 6.36 Å². The number of hydrogen-bond donors (Lipinski definition) is 0. The van der Waals surface area contributed by atoms with Crippen molar-refractivity contribution >= 4 is 5.78 Å². The topological polar surface area (TPSA) is 26.3 Å². The van der Waals surface area contributed by atoms with Crippen LogP contribution in [-0.4, -0.2) is 12.1 Å². The summed E-state index contributed by atoms with van der Waals surface area (Å²) in [6, 6.07) is 5.29. The van der Waals surface area contributed by atoms with Gasteiger partial charge in [0.05, 0.1) is 0 Å². The summed E-state index contributed by atoms with van der Waals surface area (Å²) in [5.41, 5.74) is 0.451. The van der Waals surface area contributed by atoms with Gasteiger partial charge in [0, 0.05) is 6.42 Å². The monoisotopic (exact) mass is 230 g/mol. The Hall–Kier alpha value is -1.78. The fourth-order valence-electron chi connectivity index (χ4n) is 1.13. The van der Waals surface area contributed by atoms with Crippen LogP contribution in [0.3, 0.4) is 0 Å². The molecule has 0 spiro atoms. The van der Waals surface area contributed by atoms with Crippen molar-refractivity contribution in [2.45, 2.75) is 12.8 Å². The number of halogens is 3. The van der Waals surface area contributed by atoms with E-state index in [1.807, 2.05) is 0 Å². The van der Waals surface area contributed by atoms with Crippen molar-refractivity contribution in [3.8, 4) is 5.75 Å². The molecule has 0 aliphatic heterocycles. The molecule has 0 heterocycles. The Bertz CT molecular complexity index is 396. The lowest BCUT2D eigenvalue weighted by atomic mass is 10.1. The Morgan fingerprint density at radius 1 is 1.44 bits per heavy atom. The summed E-state index contributed by atoms with van der Waals surface area (Å²) >= 11 is 0. The van der Waals surface area contributed by atoms with Crippen LogP contribution in [0.5, 0.6) is 5.75 Å². The maximum absolute atomic E-state index is 11.9. The normalized spacial score (nSPS) is 10.9. The molecule has 0 saturated carbocycles. The van der Waals surface area contributed by atoms with Gasteiger partial charge in [-0.25, -0.2) is 0 Å². The van der Waals surface area contributed by atoms with E-state index in [2.05, 4.69) is 11.3 Å². The first-order valence-corrected chi connectivity index (χ1v) is 4.40. The Labute approximate surface area is 90.3 Å². The van der Waals surface area contributed by atoms with E-state index in [0.29, 0.717) is 5.56 Å². The minimum Gasteiger partial charge on any atom is -0.406 e. The first-order chi connectivity index (χ1) is 7.40. The van der Waals surface area contributed by atoms with Crippen LogP contribution in [0.25, 0.3) is 0 Å². The van der Waals surface area contributed by atoms with Crippen molar-refractivity contribution in [3.63, 3.8) is 0 Å². The van der Waals surface area contributed by atoms with E-state index in [0.717, 1.165) is 6.08 Å². The SMILES string of the molecule is C=CC(=O)Cc1cccc(OC(F)(F)F)c1. The zero-order valence-corrected chi connectivity index (χ0v) is 8.25. The van der Waals surface area contributed by atoms with E-state index in [4.69, 9.17) is 0 Å². The lowest BCUT2D eigenvalue weighted by Crippen LogP contribution is -2.17. The molecule has 0 atom stereocenters. The third-order valence-corrected chi connectivity index (χ3v) is 1.74. The number of carbonyl (C=O) groups is 1. The Balaban J connectivity index is 2.79. The molecule has 1 aromatic carbocycles. The Morgan fingerprint density at radius 2 is 2.12 bits per heavy atom. The van der Waals surface area contributed by atoms with Crippen molar-refractivity contribution in [3.05, 3.63) is 42.5 Å². The van der Waals surface area contributed by atoms with Crippen molar-refractivity contribution in [2.75, 3.05) is 0 Å². The fourth-order valence-corrected chi connectivity index (χ4v) is 1.13. The van der Waals surface area contributed by atoms with E-state index in [9.17, 15) is 18.0 Å². The molecule has 0 N–H and O–H groups in total. The molecular formula is C11H9F3O2. The molecule has 0 aromatic heterocycles. The van der Waals surface area contributed by atoms with Crippen LogP contribution >= 0.6 is 0 Å². The Morgan fingerprint density at radius 3 is 2.69 bits per heavy atom. The average molecular weight is 230 g/mol. The van der Waals surface area contributed by atoms with Crippen molar-refractivity contribution in [1.29, 1.82) is 0 Å². The molecule has 2 nitrogen and oxygen atoms in total. The van der Waals surface area contributed by atoms with Gasteiger partial charge in [0.2, 0.25) is 0 Å². The highest BCUT2D eigenvalue weighted by Gasteiger charge is 2.31. The molecule has 5 heteroatoms. The number of ketones is 1. The second-order valence-electron chi connectivity index (χ2n) is 3.04. The van der Waals surface area contributed by atoms with Crippen LogP contribution in [0, 0.1) is 0 Å². The van der Waals surface area contributed by atoms with E-state index in [-0.39, 0.29) is 18.0 Å². The molecule has 1 aromatic rings. The van der Waals surface area contributed by atoms with Crippen molar-refractivity contribution in [2.24, 2.45) is 0 Å². The third kappa shape index (κ3) is 4.16. The third-order valence-electron chi connectivity index (χ3n) is 1.74. The summed E-state index contributed by atoms with van der Waals surface area (Å²) in [6.07, 6.45) is -3.59. The standard InChI is InChI=1S/C11H9F3O2/c1-2-9(15)6-8-4-3-5-10(7-8)16-11(12,13)14/h2-5,7H,1,6H2. The number of carbonyl (C=O) groups excluding carboxylic acids is 1. The molecule has 0 saturated heterocycles. The van der Waals surface area contributed by atoms with Crippen LogP contribution in [0.15, 0.2) is 36.9 Å². The van der Waals surface area contributed by atoms with Crippen LogP contribution in [-0.2, 0) is 11.2 Å². The molecule has 0 bridgehead atoms. The first kappa shape index (κ1) is 12.3. The van der Waals surface area contributed by atoms with Crippen LogP contribution in [0.2, 0.25) is 0 Å². The second-order valence-corrected chi connectivity index (χ2v) is 3.04. The molecule has 86 valence electrons. The van der Waals surface area contributed by atoms with Crippen molar-refractivity contribution in [1.82, 2.24) is 0 Å². The highest BCUT2D eigenvalue weighted by atomic mass is 19.4. The van der Waals surface area contributed by atoms with Gasteiger partial charge in [0.25, 0.3) is 0 Å². The van der Waals surface area contributed by atoms with Gasteiger partial charge in [-0.05, 0) is 23.8 Å². The molecule has 0 fully saturated rings. The first-order valence-electron chi connectivity index (χ1n) is 4.40. The molecule has 0 radical (unpaired) electrons. The fraction of sp³-hybridized carbons (Fsp3) is 0.182. The quantitative estimate of drug-likeness (QED) is 0.743. The van der Waals surface area contributed by atoms with Gasteiger partial charge in [-0.2, -0.15) is 0 Å². The number of ether oxygens (including phenoxy) is 1. The molecule has 0 amide bonds. The molecule has 0 aliphatic rings. The zero-order valence-electron chi connectivity index (χ0n) is 8.25. The van der Waals surface area contributed by atoms with Gasteiger partial charge < -0.3 is 4.74 Å². The van der Waals surface area contributed by atoms with E-state index in [1.165, 1.54) is 18.2 Å². The largest absolute Gasteiger partial charge is 0.573 e. The minimum absolute atomic E-state index is 0.0125. The minimum atomic E-state index is -4.72. The highest BCUT2D eigenvalue weighted by Crippen LogP contribution is 2.23. The molecular weight excluding hydrogens is 221 g/mol. The summed E-state index contributed by atoms with van der Waals surface area (Å²) in [7, 11) is 0. The number of rotatable bonds is 4. The average Bonchev–Trinajstić information content (AvgIpc) is 2.15. The van der Waals surface area contributed by atoms with Crippen LogP contribution in [0.4, 0.5) is 13.2 Å². The molecule has 1 rings (SSSR count). The summed E-state index contributed by atoms with van der Waals surface area (Å²) in [5.74, 6) is -0.592.